The van der Waals surface area contributed by atoms with Gasteiger partial charge in [-0.05, 0) is 44.0 Å². The molecule has 0 fully saturated rings. The van der Waals surface area contributed by atoms with Gasteiger partial charge < -0.3 is 14.4 Å². The zero-order valence-electron chi connectivity index (χ0n) is 13.7. The van der Waals surface area contributed by atoms with E-state index in [-0.39, 0.29) is 11.9 Å². The van der Waals surface area contributed by atoms with Crippen LogP contribution in [0, 0.1) is 0 Å². The van der Waals surface area contributed by atoms with E-state index in [0.29, 0.717) is 11.5 Å². The fraction of sp³-hybridized carbons (Fsp3) is 0.316. The van der Waals surface area contributed by atoms with Gasteiger partial charge >= 0.3 is 0 Å². The lowest BCUT2D eigenvalue weighted by Gasteiger charge is -2.26. The number of methoxy groups -OCH3 is 1. The molecule has 0 N–H and O–H groups in total. The van der Waals surface area contributed by atoms with E-state index in [9.17, 15) is 4.79 Å². The molecule has 0 saturated heterocycles. The summed E-state index contributed by atoms with van der Waals surface area (Å²) < 4.78 is 11.0. The van der Waals surface area contributed by atoms with E-state index in [1.165, 1.54) is 5.56 Å². The maximum Gasteiger partial charge on any atom is 0.268 e. The summed E-state index contributed by atoms with van der Waals surface area (Å²) in [4.78, 5) is 14.7. The Morgan fingerprint density at radius 1 is 1.17 bits per heavy atom. The largest absolute Gasteiger partial charge is 0.497 e. The molecule has 120 valence electrons. The van der Waals surface area contributed by atoms with Gasteiger partial charge in [0, 0.05) is 17.8 Å². The number of anilines is 1. The van der Waals surface area contributed by atoms with Gasteiger partial charge in [-0.3, -0.25) is 4.79 Å². The second-order valence-electron chi connectivity index (χ2n) is 5.83. The highest BCUT2D eigenvalue weighted by atomic mass is 16.5. The molecule has 3 rings (SSSR count). The van der Waals surface area contributed by atoms with Gasteiger partial charge in [0.15, 0.2) is 6.10 Å². The van der Waals surface area contributed by atoms with Gasteiger partial charge in [-0.25, -0.2) is 0 Å². The minimum absolute atomic E-state index is 0.0229. The van der Waals surface area contributed by atoms with Gasteiger partial charge in [0.1, 0.15) is 11.5 Å². The van der Waals surface area contributed by atoms with Gasteiger partial charge in [-0.15, -0.1) is 0 Å². The number of rotatable bonds is 4. The summed E-state index contributed by atoms with van der Waals surface area (Å²) in [6, 6.07) is 15.5. The van der Waals surface area contributed by atoms with Crippen LogP contribution in [-0.2, 0) is 11.2 Å². The maximum atomic E-state index is 12.8. The lowest BCUT2D eigenvalue weighted by atomic mass is 10.1. The zero-order chi connectivity index (χ0) is 16.4. The summed E-state index contributed by atoms with van der Waals surface area (Å²) in [6.07, 6.45) is 0.323. The number of fused-ring (bicyclic) bond motifs is 1. The maximum absolute atomic E-state index is 12.8. The van der Waals surface area contributed by atoms with Crippen molar-refractivity contribution in [3.05, 3.63) is 54.1 Å². The molecule has 0 radical (unpaired) electrons. The fourth-order valence-corrected chi connectivity index (χ4v) is 3.03. The van der Waals surface area contributed by atoms with Crippen LogP contribution >= 0.6 is 0 Å². The normalized spacial score (nSPS) is 17.5. The third-order valence-electron chi connectivity index (χ3n) is 4.15. The Morgan fingerprint density at radius 2 is 1.91 bits per heavy atom. The number of benzene rings is 2. The first-order valence-electron chi connectivity index (χ1n) is 7.82. The molecule has 1 aliphatic heterocycles. The number of nitrogens with zero attached hydrogens (tertiary/aromatic N) is 1. The van der Waals surface area contributed by atoms with E-state index in [0.717, 1.165) is 12.1 Å². The molecule has 0 spiro atoms. The first-order valence-corrected chi connectivity index (χ1v) is 7.82. The number of ether oxygens (including phenoxy) is 2. The SMILES string of the molecule is COc1cccc(OC(C)C(=O)N2c3ccccc3CC2C)c1. The average Bonchev–Trinajstić information content (AvgIpc) is 2.90. The smallest absolute Gasteiger partial charge is 0.268 e. The van der Waals surface area contributed by atoms with Crippen LogP contribution in [-0.4, -0.2) is 25.2 Å². The minimum atomic E-state index is -0.560. The molecule has 0 saturated carbocycles. The number of para-hydroxylation sites is 1. The Morgan fingerprint density at radius 3 is 2.70 bits per heavy atom. The molecule has 0 aliphatic carbocycles. The van der Waals surface area contributed by atoms with Crippen LogP contribution in [0.25, 0.3) is 0 Å². The number of carbonyl (C=O) groups excluding carboxylic acids is 1. The predicted octanol–water partition coefficient (Wildman–Crippen LogP) is 3.44. The standard InChI is InChI=1S/C19H21NO3/c1-13-11-15-7-4-5-10-18(15)20(13)19(21)14(2)23-17-9-6-8-16(12-17)22-3/h4-10,12-14H,11H2,1-3H3. The van der Waals surface area contributed by atoms with Crippen molar-refractivity contribution in [2.45, 2.75) is 32.4 Å². The molecule has 0 bridgehead atoms. The summed E-state index contributed by atoms with van der Waals surface area (Å²) in [6.45, 7) is 3.85. The van der Waals surface area contributed by atoms with E-state index in [2.05, 4.69) is 13.0 Å². The molecular weight excluding hydrogens is 290 g/mol. The summed E-state index contributed by atoms with van der Waals surface area (Å²) in [5, 5.41) is 0. The first-order chi connectivity index (χ1) is 11.1. The quantitative estimate of drug-likeness (QED) is 0.868. The third kappa shape index (κ3) is 3.02. The van der Waals surface area contributed by atoms with E-state index in [1.54, 1.807) is 20.1 Å². The van der Waals surface area contributed by atoms with Crippen LogP contribution in [0.2, 0.25) is 0 Å². The van der Waals surface area contributed by atoms with Gasteiger partial charge in [-0.1, -0.05) is 24.3 Å². The molecule has 4 heteroatoms. The molecule has 1 heterocycles. The van der Waals surface area contributed by atoms with Crippen LogP contribution in [0.5, 0.6) is 11.5 Å². The van der Waals surface area contributed by atoms with Crippen molar-refractivity contribution >= 4 is 11.6 Å². The van der Waals surface area contributed by atoms with Gasteiger partial charge in [0.05, 0.1) is 7.11 Å². The Bertz CT molecular complexity index is 713. The molecule has 2 unspecified atom stereocenters. The van der Waals surface area contributed by atoms with E-state index in [1.807, 2.05) is 41.3 Å². The van der Waals surface area contributed by atoms with Gasteiger partial charge in [-0.2, -0.15) is 0 Å². The van der Waals surface area contributed by atoms with Crippen LogP contribution in [0.4, 0.5) is 5.69 Å². The van der Waals surface area contributed by atoms with Crippen LogP contribution < -0.4 is 14.4 Å². The summed E-state index contributed by atoms with van der Waals surface area (Å²) in [5.74, 6) is 1.32. The highest BCUT2D eigenvalue weighted by Gasteiger charge is 2.33. The molecule has 23 heavy (non-hydrogen) atoms. The van der Waals surface area contributed by atoms with Crippen molar-refractivity contribution in [1.29, 1.82) is 0 Å². The van der Waals surface area contributed by atoms with E-state index >= 15 is 0 Å². The fourth-order valence-electron chi connectivity index (χ4n) is 3.03. The topological polar surface area (TPSA) is 38.8 Å². The average molecular weight is 311 g/mol. The minimum Gasteiger partial charge on any atom is -0.497 e. The Kier molecular flexibility index (Phi) is 4.24. The van der Waals surface area contributed by atoms with E-state index in [4.69, 9.17) is 9.47 Å². The van der Waals surface area contributed by atoms with Crippen molar-refractivity contribution in [2.75, 3.05) is 12.0 Å². The Balaban J connectivity index is 1.77. The second kappa shape index (κ2) is 6.32. The highest BCUT2D eigenvalue weighted by Crippen LogP contribution is 2.32. The predicted molar refractivity (Wildman–Crippen MR) is 90.2 cm³/mol. The summed E-state index contributed by atoms with van der Waals surface area (Å²) in [5.41, 5.74) is 2.20. The summed E-state index contributed by atoms with van der Waals surface area (Å²) in [7, 11) is 1.61. The first kappa shape index (κ1) is 15.4. The number of hydrogen-bond donors (Lipinski definition) is 0. The highest BCUT2D eigenvalue weighted by molar-refractivity contribution is 5.99. The lowest BCUT2D eigenvalue weighted by molar-refractivity contribution is -0.124. The number of carbonyl (C=O) groups is 1. The Labute approximate surface area is 136 Å². The molecule has 2 atom stereocenters. The van der Waals surface area contributed by atoms with Crippen molar-refractivity contribution in [3.8, 4) is 11.5 Å². The van der Waals surface area contributed by atoms with Crippen molar-refractivity contribution < 1.29 is 14.3 Å². The summed E-state index contributed by atoms with van der Waals surface area (Å²) >= 11 is 0. The van der Waals surface area contributed by atoms with Crippen LogP contribution in [0.1, 0.15) is 19.4 Å². The number of hydrogen-bond acceptors (Lipinski definition) is 3. The number of amides is 1. The van der Waals surface area contributed by atoms with Crippen molar-refractivity contribution in [1.82, 2.24) is 0 Å². The van der Waals surface area contributed by atoms with Crippen molar-refractivity contribution in [3.63, 3.8) is 0 Å². The van der Waals surface area contributed by atoms with E-state index < -0.39 is 6.10 Å². The van der Waals surface area contributed by atoms with Crippen LogP contribution in [0.15, 0.2) is 48.5 Å². The molecule has 1 aliphatic rings. The monoisotopic (exact) mass is 311 g/mol. The lowest BCUT2D eigenvalue weighted by Crippen LogP contribution is -2.43. The van der Waals surface area contributed by atoms with Gasteiger partial charge in [0.25, 0.3) is 5.91 Å². The zero-order valence-corrected chi connectivity index (χ0v) is 13.7. The molecule has 0 aromatic heterocycles. The van der Waals surface area contributed by atoms with Gasteiger partial charge in [0.2, 0.25) is 0 Å². The van der Waals surface area contributed by atoms with Crippen molar-refractivity contribution in [2.24, 2.45) is 0 Å². The third-order valence-corrected chi connectivity index (χ3v) is 4.15. The molecule has 2 aromatic rings. The molecule has 4 nitrogen and oxygen atoms in total. The molecule has 2 aromatic carbocycles. The molecule has 1 amide bonds. The molecular formula is C19H21NO3. The van der Waals surface area contributed by atoms with Crippen LogP contribution in [0.3, 0.4) is 0 Å². The Hall–Kier alpha value is -2.49. The second-order valence-corrected chi connectivity index (χ2v) is 5.83.